The standard InChI is InChI=1S/C13H9NO3/c15-10(12-6-3-7-16-12)8-13-14-9-4-1-2-5-11(9)17-13/h1-7H,8H2. The number of hydrogen-bond donors (Lipinski definition) is 0. The highest BCUT2D eigenvalue weighted by Crippen LogP contribution is 2.16. The van der Waals surface area contributed by atoms with Crippen LogP contribution in [0.25, 0.3) is 11.1 Å². The molecule has 2 aromatic heterocycles. The lowest BCUT2D eigenvalue weighted by molar-refractivity contribution is 0.0959. The highest BCUT2D eigenvalue weighted by molar-refractivity contribution is 5.94. The minimum Gasteiger partial charge on any atom is -0.461 e. The van der Waals surface area contributed by atoms with Crippen LogP contribution in [0.2, 0.25) is 0 Å². The Morgan fingerprint density at radius 2 is 2.06 bits per heavy atom. The van der Waals surface area contributed by atoms with Crippen molar-refractivity contribution in [2.75, 3.05) is 0 Å². The lowest BCUT2D eigenvalue weighted by Crippen LogP contribution is -2.01. The van der Waals surface area contributed by atoms with Gasteiger partial charge in [-0.15, -0.1) is 0 Å². The Morgan fingerprint density at radius 3 is 2.82 bits per heavy atom. The van der Waals surface area contributed by atoms with E-state index < -0.39 is 0 Å². The van der Waals surface area contributed by atoms with Gasteiger partial charge in [-0.3, -0.25) is 4.79 Å². The van der Waals surface area contributed by atoms with Crippen molar-refractivity contribution >= 4 is 16.9 Å². The number of Topliss-reactive ketones (excluding diaryl/α,β-unsaturated/α-hetero) is 1. The molecule has 1 aromatic carbocycles. The summed E-state index contributed by atoms with van der Waals surface area (Å²) in [4.78, 5) is 16.0. The van der Waals surface area contributed by atoms with Crippen LogP contribution in [-0.2, 0) is 6.42 Å². The Bertz CT molecular complexity index is 619. The lowest BCUT2D eigenvalue weighted by atomic mass is 10.2. The maximum absolute atomic E-state index is 11.8. The molecule has 84 valence electrons. The highest BCUT2D eigenvalue weighted by atomic mass is 16.4. The van der Waals surface area contributed by atoms with Crippen LogP contribution in [0.15, 0.2) is 51.5 Å². The topological polar surface area (TPSA) is 56.2 Å². The van der Waals surface area contributed by atoms with Gasteiger partial charge in [0, 0.05) is 0 Å². The largest absolute Gasteiger partial charge is 0.461 e. The second-order valence-electron chi connectivity index (χ2n) is 3.65. The van der Waals surface area contributed by atoms with Crippen molar-refractivity contribution in [3.8, 4) is 0 Å². The monoisotopic (exact) mass is 227 g/mol. The summed E-state index contributed by atoms with van der Waals surface area (Å²) in [6.45, 7) is 0. The van der Waals surface area contributed by atoms with Gasteiger partial charge in [-0.2, -0.15) is 0 Å². The van der Waals surface area contributed by atoms with Crippen molar-refractivity contribution in [3.63, 3.8) is 0 Å². The van der Waals surface area contributed by atoms with Gasteiger partial charge in [0.2, 0.25) is 11.7 Å². The molecule has 4 nitrogen and oxygen atoms in total. The molecular formula is C13H9NO3. The lowest BCUT2D eigenvalue weighted by Gasteiger charge is -1.91. The molecule has 2 heterocycles. The maximum Gasteiger partial charge on any atom is 0.207 e. The highest BCUT2D eigenvalue weighted by Gasteiger charge is 2.14. The molecule has 17 heavy (non-hydrogen) atoms. The third kappa shape index (κ3) is 1.85. The van der Waals surface area contributed by atoms with E-state index in [0.717, 1.165) is 5.52 Å². The van der Waals surface area contributed by atoms with E-state index in [1.54, 1.807) is 12.1 Å². The van der Waals surface area contributed by atoms with Crippen LogP contribution in [0.1, 0.15) is 16.4 Å². The van der Waals surface area contributed by atoms with Crippen LogP contribution in [0.3, 0.4) is 0 Å². The molecule has 0 amide bonds. The van der Waals surface area contributed by atoms with Gasteiger partial charge >= 0.3 is 0 Å². The van der Waals surface area contributed by atoms with E-state index in [4.69, 9.17) is 8.83 Å². The summed E-state index contributed by atoms with van der Waals surface area (Å²) >= 11 is 0. The first kappa shape index (κ1) is 9.84. The number of fused-ring (bicyclic) bond motifs is 1. The van der Waals surface area contributed by atoms with E-state index in [1.165, 1.54) is 6.26 Å². The first-order valence-corrected chi connectivity index (χ1v) is 5.24. The zero-order chi connectivity index (χ0) is 11.7. The SMILES string of the molecule is O=C(Cc1nc2ccccc2o1)c1ccco1. The molecule has 3 aromatic rings. The van der Waals surface area contributed by atoms with Crippen LogP contribution < -0.4 is 0 Å². The first-order valence-electron chi connectivity index (χ1n) is 5.24. The average Bonchev–Trinajstić information content (AvgIpc) is 2.97. The van der Waals surface area contributed by atoms with Crippen molar-refractivity contribution in [1.29, 1.82) is 0 Å². The molecule has 0 saturated heterocycles. The van der Waals surface area contributed by atoms with Crippen LogP contribution in [0, 0.1) is 0 Å². The number of aromatic nitrogens is 1. The molecule has 3 rings (SSSR count). The molecule has 0 radical (unpaired) electrons. The smallest absolute Gasteiger partial charge is 0.207 e. The first-order chi connectivity index (χ1) is 8.33. The summed E-state index contributed by atoms with van der Waals surface area (Å²) in [5.74, 6) is 0.599. The Balaban J connectivity index is 1.88. The van der Waals surface area contributed by atoms with E-state index >= 15 is 0 Å². The quantitative estimate of drug-likeness (QED) is 0.645. The number of hydrogen-bond acceptors (Lipinski definition) is 4. The van der Waals surface area contributed by atoms with Gasteiger partial charge in [0.25, 0.3) is 0 Å². The molecule has 0 atom stereocenters. The molecule has 0 aliphatic heterocycles. The number of ketones is 1. The Kier molecular flexibility index (Phi) is 2.26. The number of benzene rings is 1. The summed E-state index contributed by atoms with van der Waals surface area (Å²) in [5.41, 5.74) is 1.45. The van der Waals surface area contributed by atoms with E-state index in [1.807, 2.05) is 24.3 Å². The molecular weight excluding hydrogens is 218 g/mol. The second-order valence-corrected chi connectivity index (χ2v) is 3.65. The zero-order valence-electron chi connectivity index (χ0n) is 8.92. The predicted octanol–water partition coefficient (Wildman–Crippen LogP) is 2.85. The van der Waals surface area contributed by atoms with E-state index in [-0.39, 0.29) is 12.2 Å². The maximum atomic E-state index is 11.8. The number of carbonyl (C=O) groups excluding carboxylic acids is 1. The van der Waals surface area contributed by atoms with Gasteiger partial charge in [-0.1, -0.05) is 12.1 Å². The molecule has 0 spiro atoms. The third-order valence-corrected chi connectivity index (χ3v) is 2.45. The number of nitrogens with zero attached hydrogens (tertiary/aromatic N) is 1. The van der Waals surface area contributed by atoms with Crippen molar-refractivity contribution < 1.29 is 13.6 Å². The van der Waals surface area contributed by atoms with E-state index in [9.17, 15) is 4.79 Å². The average molecular weight is 227 g/mol. The summed E-state index contributed by atoms with van der Waals surface area (Å²) in [7, 11) is 0. The van der Waals surface area contributed by atoms with E-state index in [0.29, 0.717) is 17.2 Å². The van der Waals surface area contributed by atoms with Crippen LogP contribution >= 0.6 is 0 Å². The van der Waals surface area contributed by atoms with Gasteiger partial charge in [-0.25, -0.2) is 4.98 Å². The fourth-order valence-electron chi connectivity index (χ4n) is 1.66. The number of furan rings is 1. The Morgan fingerprint density at radius 1 is 1.18 bits per heavy atom. The molecule has 0 fully saturated rings. The molecule has 0 aliphatic carbocycles. The Hall–Kier alpha value is -2.36. The third-order valence-electron chi connectivity index (χ3n) is 2.45. The summed E-state index contributed by atoms with van der Waals surface area (Å²) in [5, 5.41) is 0. The molecule has 0 N–H and O–H groups in total. The summed E-state index contributed by atoms with van der Waals surface area (Å²) < 4.78 is 10.5. The van der Waals surface area contributed by atoms with Gasteiger partial charge in [0.1, 0.15) is 5.52 Å². The van der Waals surface area contributed by atoms with Crippen LogP contribution in [0.5, 0.6) is 0 Å². The van der Waals surface area contributed by atoms with Crippen molar-refractivity contribution in [3.05, 3.63) is 54.3 Å². The van der Waals surface area contributed by atoms with Crippen LogP contribution in [-0.4, -0.2) is 10.8 Å². The minimum absolute atomic E-state index is 0.113. The normalized spacial score (nSPS) is 10.8. The van der Waals surface area contributed by atoms with Gasteiger partial charge in [0.05, 0.1) is 12.7 Å². The van der Waals surface area contributed by atoms with Crippen molar-refractivity contribution in [2.24, 2.45) is 0 Å². The van der Waals surface area contributed by atoms with Gasteiger partial charge in [-0.05, 0) is 24.3 Å². The fourth-order valence-corrected chi connectivity index (χ4v) is 1.66. The second kappa shape index (κ2) is 3.90. The number of rotatable bonds is 3. The summed E-state index contributed by atoms with van der Waals surface area (Å²) in [6, 6.07) is 10.7. The van der Waals surface area contributed by atoms with Gasteiger partial charge in [0.15, 0.2) is 11.3 Å². The molecule has 0 saturated carbocycles. The number of oxazole rings is 1. The number of para-hydroxylation sites is 2. The number of carbonyl (C=O) groups is 1. The van der Waals surface area contributed by atoms with Crippen molar-refractivity contribution in [2.45, 2.75) is 6.42 Å². The Labute approximate surface area is 96.9 Å². The molecule has 0 bridgehead atoms. The molecule has 0 unspecified atom stereocenters. The molecule has 4 heteroatoms. The summed E-state index contributed by atoms with van der Waals surface area (Å²) in [6.07, 6.45) is 1.58. The predicted molar refractivity (Wildman–Crippen MR) is 60.8 cm³/mol. The van der Waals surface area contributed by atoms with Crippen molar-refractivity contribution in [1.82, 2.24) is 4.98 Å². The van der Waals surface area contributed by atoms with E-state index in [2.05, 4.69) is 4.98 Å². The van der Waals surface area contributed by atoms with Gasteiger partial charge < -0.3 is 8.83 Å². The van der Waals surface area contributed by atoms with Crippen LogP contribution in [0.4, 0.5) is 0 Å². The molecule has 0 aliphatic rings. The minimum atomic E-state index is -0.137. The zero-order valence-corrected chi connectivity index (χ0v) is 8.92. The fraction of sp³-hybridized carbons (Fsp3) is 0.0769.